The molecule has 1 unspecified atom stereocenters. The number of fused-ring (bicyclic) bond motifs is 6. The van der Waals surface area contributed by atoms with Crippen molar-refractivity contribution in [2.45, 2.75) is 170 Å². The molecule has 6 bridgehead atoms. The second-order valence-corrected chi connectivity index (χ2v) is 26.7. The van der Waals surface area contributed by atoms with Crippen LogP contribution in [0.4, 0.5) is 0 Å². The number of likely N-dealkylation sites (N-methyl/N-ethyl adjacent to an activating group) is 1. The fraction of sp³-hybridized carbons (Fsp3) is 0.606. The Morgan fingerprint density at radius 1 is 1.02 bits per heavy atom. The number of esters is 1. The molecule has 81 heavy (non-hydrogen) atoms. The topological polar surface area (TPSA) is 216 Å². The predicted molar refractivity (Wildman–Crippen MR) is 314 cm³/mol. The molecule has 1 aromatic carbocycles. The molecule has 0 amide bonds. The van der Waals surface area contributed by atoms with Crippen LogP contribution >= 0.6 is 0 Å². The Morgan fingerprint density at radius 2 is 1.90 bits per heavy atom. The highest BCUT2D eigenvalue weighted by molar-refractivity contribution is 6.33. The molecule has 10 N–H and O–H groups in total. The molecule has 2 saturated carbocycles. The maximum absolute atomic E-state index is 16.4. The lowest BCUT2D eigenvalue weighted by Crippen LogP contribution is -2.68. The van der Waals surface area contributed by atoms with Crippen molar-refractivity contribution in [1.82, 2.24) is 37.2 Å². The highest BCUT2D eigenvalue weighted by atomic mass is 16.7. The van der Waals surface area contributed by atoms with Crippen LogP contribution in [0, 0.1) is 46.8 Å². The number of carbonyl (C=O) groups is 3. The average molecular weight is 1100 g/mol. The fourth-order valence-corrected chi connectivity index (χ4v) is 18.2. The van der Waals surface area contributed by atoms with Gasteiger partial charge in [0.15, 0.2) is 17.3 Å². The first-order valence-electron chi connectivity index (χ1n) is 31.0. The molecule has 14 rings (SSSR count). The third-order valence-electron chi connectivity index (χ3n) is 21.7. The summed E-state index contributed by atoms with van der Waals surface area (Å²) in [7, 11) is 3.79. The molecule has 6 aliphatic carbocycles. The van der Waals surface area contributed by atoms with E-state index < -0.39 is 46.2 Å². The molecule has 13 aliphatic rings. The molecule has 0 aromatic heterocycles. The summed E-state index contributed by atoms with van der Waals surface area (Å²) in [5.41, 5.74) is 8.09. The quantitative estimate of drug-likeness (QED) is 0.0495. The van der Waals surface area contributed by atoms with E-state index in [1.54, 1.807) is 13.1 Å². The summed E-state index contributed by atoms with van der Waals surface area (Å²) in [6.07, 6.45) is 33.5. The van der Waals surface area contributed by atoms with Crippen molar-refractivity contribution >= 4 is 23.5 Å². The zero-order chi connectivity index (χ0) is 56.1. The fourth-order valence-electron chi connectivity index (χ4n) is 18.2. The molecular formula is C66H87N9O6. The van der Waals surface area contributed by atoms with E-state index in [4.69, 9.17) is 15.2 Å². The van der Waals surface area contributed by atoms with Gasteiger partial charge in [-0.1, -0.05) is 92.6 Å². The number of allylic oxidation sites excluding steroid dienone is 7. The molecule has 15 heteroatoms. The molecule has 0 radical (unpaired) electrons. The summed E-state index contributed by atoms with van der Waals surface area (Å²) in [5, 5.41) is 37.0. The number of epoxide rings is 1. The standard InChI is InChI=1S/C66H87N9O6/c1-6-73-64-35-41-17-19-44(76)31-49(41)56-55(64)47-20-18-40(45-14-7-12-43(36-64)53(45)47)13-9-26-62(3,33-39-16-22-51(67)72-37-39)34-42-11-8-15-48-54(42)58(78)66(60(79)80-56)65(81-66,57(48)77)28-24-38(2)32-63(27-10-29-71-61(69-5)75-63)50-25-30-70-59-46(50)21-23-52(68-4)74-59/h7-8,11-12,15-16,18,20,22,24-25,36-37,40-41,44-45,47,49,51-53,55-56,68,70,72-74,76H,6,9-10,13-14,17,19,21,23,26-35,67H2,1-5H3,(H2,69,71,75)/b38-24+/t40-,41+,44-,45+,47+,49-,51?,52+,53+,55-,56+,62-,63+,64-,65-,66-/m0/s1. The van der Waals surface area contributed by atoms with Crippen LogP contribution in [0.1, 0.15) is 143 Å². The summed E-state index contributed by atoms with van der Waals surface area (Å²) in [5.74, 6) is 0.978. The molecule has 432 valence electrons. The number of Topliss-reactive ketones (excluding diaryl/α,β-unsaturated/α-hetero) is 2. The van der Waals surface area contributed by atoms with E-state index in [0.29, 0.717) is 49.6 Å². The van der Waals surface area contributed by atoms with Gasteiger partial charge in [-0.25, -0.2) is 4.79 Å². The lowest BCUT2D eigenvalue weighted by atomic mass is 9.47. The molecule has 7 heterocycles. The lowest BCUT2D eigenvalue weighted by molar-refractivity contribution is -0.179. The Hall–Kier alpha value is -5.58. The molecule has 16 atom stereocenters. The van der Waals surface area contributed by atoms with Gasteiger partial charge in [-0.2, -0.15) is 0 Å². The van der Waals surface area contributed by atoms with Crippen molar-refractivity contribution in [3.63, 3.8) is 0 Å². The SMILES string of the molecule is CCN[C@]12C=C3C=CC[C@H]4[C@@H]3[C@H]3C=C[C@@H]4CCC[C@@](C)(CC4=CNC(N)C=C4)Cc4cccc5c4C(=O)[C@]4(O[C@@]4(C/C=C(\C)C[C@@]4(C6=CCNC7=C6CC[C@H](NC)N7)CCCNC(=NC)N4)C5=O)C(=O)O[C@H]([C@H]4C[C@@H](O)CC[C@@H]4C1)[C@H]32. The number of aliphatic hydroxyl groups excluding tert-OH is 1. The van der Waals surface area contributed by atoms with Crippen LogP contribution in [0.5, 0.6) is 0 Å². The first-order chi connectivity index (χ1) is 39.2. The molecular weight excluding hydrogens is 1010 g/mol. The number of rotatable bonds is 10. The van der Waals surface area contributed by atoms with Crippen molar-refractivity contribution < 1.29 is 29.0 Å². The largest absolute Gasteiger partial charge is 0.459 e. The van der Waals surface area contributed by atoms with Crippen molar-refractivity contribution in [2.24, 2.45) is 57.6 Å². The number of nitrogens with one attached hydrogen (secondary N) is 7. The van der Waals surface area contributed by atoms with Gasteiger partial charge in [0, 0.05) is 61.3 Å². The minimum absolute atomic E-state index is 0.00759. The highest BCUT2D eigenvalue weighted by Gasteiger charge is 2.86. The van der Waals surface area contributed by atoms with Gasteiger partial charge in [-0.3, -0.25) is 14.6 Å². The van der Waals surface area contributed by atoms with Gasteiger partial charge in [0.05, 0.1) is 24.0 Å². The minimum Gasteiger partial charge on any atom is -0.459 e. The number of aliphatic hydroxyl groups is 1. The number of hydrogen-bond acceptors (Lipinski definition) is 13. The van der Waals surface area contributed by atoms with E-state index in [2.05, 4.69) is 112 Å². The van der Waals surface area contributed by atoms with E-state index in [1.165, 1.54) is 16.7 Å². The molecule has 2 saturated heterocycles. The van der Waals surface area contributed by atoms with Gasteiger partial charge in [0.25, 0.3) is 5.60 Å². The summed E-state index contributed by atoms with van der Waals surface area (Å²) in [4.78, 5) is 53.5. The Bertz CT molecular complexity index is 3040. The Labute approximate surface area is 478 Å². The molecule has 4 fully saturated rings. The van der Waals surface area contributed by atoms with Crippen LogP contribution in [0.25, 0.3) is 0 Å². The second-order valence-electron chi connectivity index (χ2n) is 26.7. The van der Waals surface area contributed by atoms with Gasteiger partial charge in [0.1, 0.15) is 11.9 Å². The zero-order valence-corrected chi connectivity index (χ0v) is 48.3. The number of benzene rings is 1. The first kappa shape index (κ1) is 54.7. The van der Waals surface area contributed by atoms with Crippen molar-refractivity contribution in [3.8, 4) is 0 Å². The molecule has 15 nitrogen and oxygen atoms in total. The summed E-state index contributed by atoms with van der Waals surface area (Å²) >= 11 is 0. The van der Waals surface area contributed by atoms with Gasteiger partial charge in [-0.15, -0.1) is 0 Å². The number of aliphatic imine (C=N–C) groups is 1. The van der Waals surface area contributed by atoms with E-state index in [9.17, 15) is 5.11 Å². The number of nitrogens with zero attached hydrogens (tertiary/aromatic N) is 1. The maximum Gasteiger partial charge on any atom is 0.350 e. The third kappa shape index (κ3) is 9.07. The maximum atomic E-state index is 16.4. The van der Waals surface area contributed by atoms with Crippen LogP contribution < -0.4 is 43.0 Å². The van der Waals surface area contributed by atoms with E-state index in [-0.39, 0.29) is 65.1 Å². The Morgan fingerprint density at radius 3 is 2.72 bits per heavy atom. The summed E-state index contributed by atoms with van der Waals surface area (Å²) in [6.45, 7) is 8.74. The van der Waals surface area contributed by atoms with E-state index >= 15 is 14.4 Å². The summed E-state index contributed by atoms with van der Waals surface area (Å²) in [6, 6.07) is 5.66. The van der Waals surface area contributed by atoms with Crippen molar-refractivity contribution in [3.05, 3.63) is 129 Å². The Kier molecular flexibility index (Phi) is 14.1. The molecule has 1 spiro atoms. The zero-order valence-electron chi connectivity index (χ0n) is 48.3. The van der Waals surface area contributed by atoms with Crippen LogP contribution in [-0.2, 0) is 20.7 Å². The lowest BCUT2D eigenvalue weighted by Gasteiger charge is -2.61. The van der Waals surface area contributed by atoms with Gasteiger partial charge >= 0.3 is 5.97 Å². The predicted octanol–water partition coefficient (Wildman–Crippen LogP) is 7.11. The van der Waals surface area contributed by atoms with Crippen LogP contribution in [0.3, 0.4) is 0 Å². The van der Waals surface area contributed by atoms with Gasteiger partial charge in [-0.05, 0) is 179 Å². The van der Waals surface area contributed by atoms with E-state index in [0.717, 1.165) is 112 Å². The van der Waals surface area contributed by atoms with Crippen LogP contribution in [-0.4, -0.2) is 109 Å². The smallest absolute Gasteiger partial charge is 0.350 e. The van der Waals surface area contributed by atoms with Gasteiger partial charge in [0.2, 0.25) is 5.78 Å². The second kappa shape index (κ2) is 20.9. The molecule has 1 aromatic rings. The normalized spacial score (nSPS) is 41.7. The number of dihydropyridines is 2. The van der Waals surface area contributed by atoms with E-state index in [1.807, 2.05) is 31.5 Å². The Balaban J connectivity index is 0.934. The van der Waals surface area contributed by atoms with Crippen LogP contribution in [0.2, 0.25) is 0 Å². The first-order valence-corrected chi connectivity index (χ1v) is 31.0. The number of ether oxygens (including phenoxy) is 2. The third-order valence-corrected chi connectivity index (χ3v) is 21.7. The number of ketones is 2. The van der Waals surface area contributed by atoms with Crippen molar-refractivity contribution in [2.75, 3.05) is 33.7 Å². The number of nitrogens with two attached hydrogens (primary N) is 1. The number of hydrogen-bond donors (Lipinski definition) is 9. The highest BCUT2D eigenvalue weighted by Crippen LogP contribution is 2.64. The summed E-state index contributed by atoms with van der Waals surface area (Å²) < 4.78 is 14.3. The number of guanidine groups is 1. The average Bonchev–Trinajstić information content (AvgIpc) is 4.40. The number of carbonyl (C=O) groups excluding carboxylic acids is 3. The van der Waals surface area contributed by atoms with Crippen molar-refractivity contribution in [1.29, 1.82) is 0 Å². The minimum atomic E-state index is -2.22. The van der Waals surface area contributed by atoms with Crippen LogP contribution in [0.15, 0.2) is 118 Å². The molecule has 7 aliphatic heterocycles. The monoisotopic (exact) mass is 1100 g/mol. The van der Waals surface area contributed by atoms with Gasteiger partial charge < -0.3 is 57.5 Å².